The zero-order chi connectivity index (χ0) is 96.4. The lowest BCUT2D eigenvalue weighted by Crippen LogP contribution is -2.52. The minimum absolute atomic E-state index is 0.00152. The Morgan fingerprint density at radius 2 is 0.669 bits per heavy atom. The molecule has 21 heteroatoms. The average Bonchev–Trinajstić information content (AvgIpc) is 1.54. The third-order valence-corrected chi connectivity index (χ3v) is 42.4. The first-order valence-corrected chi connectivity index (χ1v) is 54.1. The number of hydrogen-bond acceptors (Lipinski definition) is 14. The van der Waals surface area contributed by atoms with E-state index in [2.05, 4.69) is 152 Å². The van der Waals surface area contributed by atoms with E-state index in [9.17, 15) is 39.6 Å². The van der Waals surface area contributed by atoms with Crippen molar-refractivity contribution in [3.05, 3.63) is 125 Å². The molecular formula is C115H167N13O8. The fourth-order valence-corrected chi connectivity index (χ4v) is 37.4. The molecular weight excluding hydrogens is 1690 g/mol. The van der Waals surface area contributed by atoms with Crippen LogP contribution in [-0.2, 0) is 45.4 Å². The number of fused-ring (bicyclic) bond motifs is 20. The van der Waals surface area contributed by atoms with E-state index in [1.54, 1.807) is 51.2 Å². The lowest BCUT2D eigenvalue weighted by molar-refractivity contribution is -0.134. The van der Waals surface area contributed by atoms with Crippen LogP contribution in [0.3, 0.4) is 0 Å². The summed E-state index contributed by atoms with van der Waals surface area (Å²) in [6.07, 6.45) is 49.7. The van der Waals surface area contributed by atoms with Crippen LogP contribution >= 0.6 is 0 Å². The van der Waals surface area contributed by atoms with Gasteiger partial charge in [0.2, 0.25) is 17.1 Å². The molecule has 5 aromatic rings. The number of aromatic nitrogens is 8. The lowest BCUT2D eigenvalue weighted by atomic mass is 9.47. The highest BCUT2D eigenvalue weighted by atomic mass is 16.3. The molecule has 21 rings (SSSR count). The summed E-state index contributed by atoms with van der Waals surface area (Å²) in [4.78, 5) is 69.8. The van der Waals surface area contributed by atoms with Gasteiger partial charge in [-0.25, -0.2) is 14.5 Å². The molecule has 16 aliphatic carbocycles. The van der Waals surface area contributed by atoms with Gasteiger partial charge in [0.05, 0.1) is 93.1 Å². The molecule has 0 bridgehead atoms. The first kappa shape index (κ1) is 99.1. The molecule has 0 amide bonds. The van der Waals surface area contributed by atoms with E-state index in [-0.39, 0.29) is 64.2 Å². The van der Waals surface area contributed by atoms with Crippen molar-refractivity contribution < 1.29 is 39.6 Å². The zero-order valence-corrected chi connectivity index (χ0v) is 85.4. The largest absolute Gasteiger partial charge is 0.390 e. The van der Waals surface area contributed by atoms with Gasteiger partial charge in [-0.3, -0.25) is 37.9 Å². The standard InChI is InChI=1S/C31H39N3O2.C28H42N4O2.C28H45N3O2.C28H41N3O2/c1-30(36)13-11-23-21(16-30)9-10-25-24(23)12-14-31(2)27(28(35)19-34-18-22(32-3)17-33-34)15-26(29(25)31)20-7-5-4-6-8-20;1-27(34)10-8-21-18(13-27)6-7-23-22(21)9-11-28(2)24(12-19(26(23)28)15-31(4)5)25(33)17-32-16-20(29-3)14-30-32;1-18-14-29-31(15-18)17-25(32)24-12-20(16-30(4)5)26-23-7-6-19-13-27(2,33)10-8-21(19)22(23)9-11-28(24,26)3;1-17(2)23-12-24(25(32)16-31-15-19(29-5)14-30-31)28(4)11-9-21-20-8-10-27(3,33)13-18(20)6-7-22(21)26(23)28/h4-8,17-18,21,23-27,29,36H,9-16,19H2,1-2H3;14,16,18-19,21-24,26,34H,6-13,15,17H2,1-2,4-5H3;14-15,19-24,26,33H,6-13,16-17H2,1-5H3;14-15,17-18,20-24,26,33H,6-13,16H2,1-4H3/t21-,23+,24-,25-,26+,27-,29-,30-,31-;18-,19+,21+,22-,23-,24-,26+,27-,28-;19-,20+,21+,22-,23-,24-,26+,27-,28-;18-,20+,21-,22-,23+,24-,26-,27-,28-/m1111/s1. The van der Waals surface area contributed by atoms with Crippen LogP contribution in [0.1, 0.15) is 292 Å². The van der Waals surface area contributed by atoms with Crippen molar-refractivity contribution in [1.82, 2.24) is 48.9 Å². The van der Waals surface area contributed by atoms with Gasteiger partial charge < -0.3 is 30.2 Å². The van der Waals surface area contributed by atoms with E-state index in [0.717, 1.165) is 181 Å². The summed E-state index contributed by atoms with van der Waals surface area (Å²) in [5.74, 6) is 18.5. The fraction of sp³-hybridized carbons (Fsp3) is 0.783. The summed E-state index contributed by atoms with van der Waals surface area (Å²) in [6, 6.07) is 11.0. The quantitative estimate of drug-likeness (QED) is 0.0597. The van der Waals surface area contributed by atoms with Gasteiger partial charge in [0.15, 0.2) is 23.1 Å². The maximum atomic E-state index is 13.8. The maximum absolute atomic E-state index is 13.8. The predicted octanol–water partition coefficient (Wildman–Crippen LogP) is 21.7. The molecule has 0 radical (unpaired) electrons. The van der Waals surface area contributed by atoms with Crippen molar-refractivity contribution in [3.8, 4) is 0 Å². The third kappa shape index (κ3) is 19.3. The SMILES string of the molecule is Cc1cnn(CC(=O)[C@H]2C[C@@H](CN(C)C)[C@H]3[C@@H]4CC[C@@H]5C[C@](C)(O)CC[C@@H]5[C@H]4CC[C@@]32C)c1.[C-]#[N+]c1cnn(CC(=O)[C@H]2C[C@@H](C(C)C)[C@H]3[C@@H]4CC[C@@H]5C[C@](C)(O)CC[C@@H]5[C@H]4CC[C@@]32C)c1.[C-]#[N+]c1cnn(CC(=O)[C@H]2C[C@@H](CN(C)C)[C@H]3[C@@H]4CC[C@@H]5C[C@](C)(O)CC[C@@H]5[C@H]4CC[C@@]32C)c1.[C-]#[N+]c1cnn(CC(=O)[C@H]2C[C@@H](c3ccccc3)[C@H]3[C@@H]4CC[C@@H]5C[C@](C)(O)CC[C@@H]5[C@H]4CC[C@@]32C)c1. The van der Waals surface area contributed by atoms with Crippen LogP contribution in [0, 0.1) is 214 Å². The Labute approximate surface area is 814 Å². The van der Waals surface area contributed by atoms with Crippen LogP contribution in [-0.4, -0.2) is 156 Å². The molecule has 0 saturated heterocycles. The van der Waals surface area contributed by atoms with E-state index in [1.807, 2.05) is 44.8 Å². The number of benzene rings is 1. The molecule has 0 aliphatic heterocycles. The highest BCUT2D eigenvalue weighted by Gasteiger charge is 2.68. The van der Waals surface area contributed by atoms with Crippen LogP contribution in [0.25, 0.3) is 14.5 Å². The van der Waals surface area contributed by atoms with Gasteiger partial charge >= 0.3 is 0 Å². The third-order valence-electron chi connectivity index (χ3n) is 42.4. The monoisotopic (exact) mass is 1860 g/mol. The maximum Gasteiger partial charge on any atom is 0.224 e. The molecule has 136 heavy (non-hydrogen) atoms. The predicted molar refractivity (Wildman–Crippen MR) is 530 cm³/mol. The number of carbonyl (C=O) groups excluding carboxylic acids is 4. The second kappa shape index (κ2) is 38.7. The summed E-state index contributed by atoms with van der Waals surface area (Å²) in [6.45, 7) is 49.7. The van der Waals surface area contributed by atoms with Gasteiger partial charge in [0, 0.05) is 61.5 Å². The Hall–Kier alpha value is -7.03. The first-order chi connectivity index (χ1) is 64.6. The number of ketones is 4. The molecule has 1 aromatic carbocycles. The van der Waals surface area contributed by atoms with E-state index >= 15 is 0 Å². The van der Waals surface area contributed by atoms with Crippen molar-refractivity contribution >= 4 is 40.2 Å². The number of rotatable bonds is 18. The van der Waals surface area contributed by atoms with Crippen molar-refractivity contribution in [3.63, 3.8) is 0 Å². The van der Waals surface area contributed by atoms with E-state index in [4.69, 9.17) is 19.7 Å². The van der Waals surface area contributed by atoms with Gasteiger partial charge in [-0.15, -0.1) is 0 Å². The molecule has 4 heterocycles. The molecule has 16 aliphatic rings. The lowest BCUT2D eigenvalue weighted by Gasteiger charge is -2.58. The molecule has 36 atom stereocenters. The number of hydrogen-bond donors (Lipinski definition) is 4. The number of Topliss-reactive ketones (excluding diaryl/α,β-unsaturated/α-hetero) is 4. The van der Waals surface area contributed by atoms with Crippen molar-refractivity contribution in [1.29, 1.82) is 0 Å². The Morgan fingerprint density at radius 1 is 0.375 bits per heavy atom. The number of carbonyl (C=O) groups is 4. The van der Waals surface area contributed by atoms with Crippen molar-refractivity contribution in [2.75, 3.05) is 41.3 Å². The van der Waals surface area contributed by atoms with Crippen molar-refractivity contribution in [2.45, 2.75) is 336 Å². The molecule has 0 unspecified atom stereocenters. The minimum Gasteiger partial charge on any atom is -0.390 e. The van der Waals surface area contributed by atoms with Gasteiger partial charge in [-0.1, -0.05) is 71.9 Å². The topological polar surface area (TPSA) is 240 Å². The van der Waals surface area contributed by atoms with Gasteiger partial charge in [-0.05, 0) is 449 Å². The number of aryl methyl sites for hydroxylation is 1. The van der Waals surface area contributed by atoms with E-state index in [1.165, 1.54) is 108 Å². The second-order valence-corrected chi connectivity index (χ2v) is 51.8. The fourth-order valence-electron chi connectivity index (χ4n) is 37.4. The number of nitrogens with zero attached hydrogens (tertiary/aromatic N) is 13. The van der Waals surface area contributed by atoms with Gasteiger partial charge in [0.1, 0.15) is 0 Å². The first-order valence-electron chi connectivity index (χ1n) is 54.1. The van der Waals surface area contributed by atoms with Gasteiger partial charge in [-0.2, -0.15) is 20.4 Å². The van der Waals surface area contributed by atoms with Crippen LogP contribution in [0.2, 0.25) is 0 Å². The zero-order valence-electron chi connectivity index (χ0n) is 85.4. The Kier molecular flexibility index (Phi) is 28.2. The van der Waals surface area contributed by atoms with Crippen molar-refractivity contribution in [2.24, 2.45) is 187 Å². The Bertz CT molecular complexity index is 5210. The molecule has 4 N–H and O–H groups in total. The molecule has 16 fully saturated rings. The Balaban J connectivity index is 0.000000121. The summed E-state index contributed by atoms with van der Waals surface area (Å²) < 4.78 is 6.84. The molecule has 16 saturated carbocycles. The van der Waals surface area contributed by atoms with Gasteiger partial charge in [0.25, 0.3) is 0 Å². The number of aliphatic hydroxyl groups is 4. The molecule has 21 nitrogen and oxygen atoms in total. The summed E-state index contributed by atoms with van der Waals surface area (Å²) in [5.41, 5.74) is 2.36. The highest BCUT2D eigenvalue weighted by molar-refractivity contribution is 5.84. The van der Waals surface area contributed by atoms with E-state index in [0.29, 0.717) is 136 Å². The molecule has 4 aromatic heterocycles. The highest BCUT2D eigenvalue weighted by Crippen LogP contribution is 2.73. The molecule has 740 valence electrons. The van der Waals surface area contributed by atoms with Crippen LogP contribution in [0.5, 0.6) is 0 Å². The smallest absolute Gasteiger partial charge is 0.224 e. The molecule has 0 spiro atoms. The van der Waals surface area contributed by atoms with Crippen LogP contribution in [0.15, 0.2) is 79.9 Å². The van der Waals surface area contributed by atoms with E-state index < -0.39 is 22.4 Å². The van der Waals surface area contributed by atoms with Crippen LogP contribution in [0.4, 0.5) is 17.1 Å². The minimum atomic E-state index is -0.492. The summed E-state index contributed by atoms with van der Waals surface area (Å²) >= 11 is 0. The summed E-state index contributed by atoms with van der Waals surface area (Å²) in [7, 11) is 8.73. The Morgan fingerprint density at radius 3 is 0.985 bits per heavy atom. The van der Waals surface area contributed by atoms with Crippen LogP contribution < -0.4 is 0 Å². The average molecular weight is 1860 g/mol. The second-order valence-electron chi connectivity index (χ2n) is 51.8. The summed E-state index contributed by atoms with van der Waals surface area (Å²) in [5, 5.41) is 60.1. The normalized spacial score (nSPS) is 43.6.